The quantitative estimate of drug-likeness (QED) is 0.123. The molecule has 0 saturated carbocycles. The van der Waals surface area contributed by atoms with Gasteiger partial charge in [0.15, 0.2) is 22.6 Å². The number of rotatable bonds is 10. The van der Waals surface area contributed by atoms with Crippen LogP contribution in [-0.2, 0) is 89.1 Å². The van der Waals surface area contributed by atoms with Crippen LogP contribution >= 0.6 is 0 Å². The monoisotopic (exact) mass is 1530 g/mol. The number of pyridine rings is 3. The molecule has 99 heavy (non-hydrogen) atoms. The Balaban J connectivity index is 0.000000177. The van der Waals surface area contributed by atoms with Crippen LogP contribution in [0.3, 0.4) is 0 Å². The Morgan fingerprint density at radius 1 is 0.556 bits per heavy atom. The number of fused-ring (bicyclic) bond motifs is 3. The van der Waals surface area contributed by atoms with Gasteiger partial charge in [-0.3, -0.25) is 43.7 Å². The minimum atomic E-state index is -1.01. The number of hydrogen-bond donors (Lipinski definition) is 2. The van der Waals surface area contributed by atoms with E-state index in [2.05, 4.69) is 65.8 Å². The van der Waals surface area contributed by atoms with Crippen molar-refractivity contribution in [2.45, 2.75) is 188 Å². The molecule has 0 unspecified atom stereocenters. The first-order valence-electron chi connectivity index (χ1n) is 33.9. The summed E-state index contributed by atoms with van der Waals surface area (Å²) in [7, 11) is 6.24. The second-order valence-electron chi connectivity index (χ2n) is 29.7. The number of amides is 4. The average Bonchev–Trinajstić information content (AvgIpc) is 1.78. The van der Waals surface area contributed by atoms with Crippen LogP contribution in [-0.4, -0.2) is 187 Å². The molecule has 2 N–H and O–H groups in total. The van der Waals surface area contributed by atoms with Gasteiger partial charge in [-0.15, -0.1) is 0 Å². The molecular formula is C74H97N14O10W-. The Hall–Kier alpha value is -8.02. The van der Waals surface area contributed by atoms with Gasteiger partial charge >= 0.3 is 12.2 Å². The molecule has 5 aromatic rings. The number of carbonyl (C=O) groups excluding carboxylic acids is 6. The Bertz CT molecular complexity index is 3860. The molecule has 3 saturated heterocycles. The first-order valence-corrected chi connectivity index (χ1v) is 33.9. The summed E-state index contributed by atoms with van der Waals surface area (Å²) in [6.45, 7) is 27.0. The third-order valence-electron chi connectivity index (χ3n) is 18.4. The smallest absolute Gasteiger partial charge is 0.410 e. The second kappa shape index (κ2) is 30.8. The molecule has 8 aliphatic heterocycles. The molecule has 3 fully saturated rings. The van der Waals surface area contributed by atoms with Crippen molar-refractivity contribution in [2.24, 2.45) is 10.3 Å². The van der Waals surface area contributed by atoms with E-state index in [1.54, 1.807) is 98.4 Å². The minimum Gasteiger partial charge on any atom is -0.444 e. The standard InChI is InChI=1S/C30H37N5O5.C25H29N5O3.C18H28N4O2.CH3.W/c1-29(2,3)39-28(38)34-15-7-8-22(17-34)35(26-23-18-33(6)16-21(23)13-14-31-26)27(37)20-11-9-19(10-12-20)24-25(36)30(4,5)40-32-24;1-25(2)22(31)21(28-33-25)16-6-8-17(9-7-16)24(32)30(19-5-4-11-26-13-19)23-20-15-29(3)14-18(20)10-12-27-23;1-18(2,3)24-17(23)22-9-5-6-14(11-22)20-16-15-12-21(4)10-13(15)7-8-19-16;;/h9-14,22H,7-8,15-18H2,1-6H3;6-10,12,19,26H,4-5,11,13-15H2,1-3H3;7-8,14H,5-6,9-12H2,1-4H3,(H,19,20);1H3;/q;;;-1;/t22-;19-;14-;;/m111../s1. The van der Waals surface area contributed by atoms with Crippen LogP contribution in [0, 0.1) is 7.43 Å². The predicted octanol–water partition coefficient (Wildman–Crippen LogP) is 9.95. The number of piperidine rings is 3. The first kappa shape index (κ1) is 75.2. The number of nitrogens with one attached hydrogen (secondary N) is 2. The Labute approximate surface area is 596 Å². The summed E-state index contributed by atoms with van der Waals surface area (Å²) in [5, 5.41) is 14.9. The van der Waals surface area contributed by atoms with Crippen molar-refractivity contribution in [1.82, 2.24) is 44.8 Å². The maximum atomic E-state index is 14.2. The normalized spacial score (nSPS) is 20.8. The van der Waals surface area contributed by atoms with E-state index in [0.29, 0.717) is 54.3 Å². The molecule has 0 aliphatic carbocycles. The van der Waals surface area contributed by atoms with Crippen LogP contribution in [0.1, 0.15) is 173 Å². The molecule has 0 spiro atoms. The summed E-state index contributed by atoms with van der Waals surface area (Å²) in [5.41, 5.74) is 6.89. The number of anilines is 3. The number of ether oxygens (including phenoxy) is 2. The topological polar surface area (TPSA) is 249 Å². The molecule has 24 nitrogen and oxygen atoms in total. The molecule has 4 amide bonds. The number of aromatic nitrogens is 3. The van der Waals surface area contributed by atoms with E-state index in [-0.39, 0.29) is 93.6 Å². The molecule has 530 valence electrons. The van der Waals surface area contributed by atoms with Gasteiger partial charge in [-0.1, -0.05) is 34.6 Å². The molecule has 25 heteroatoms. The fraction of sp³-hybridized carbons (Fsp3) is 0.514. The summed E-state index contributed by atoms with van der Waals surface area (Å²) in [4.78, 5) is 117. The van der Waals surface area contributed by atoms with Crippen LogP contribution in [0.15, 0.2) is 95.6 Å². The summed E-state index contributed by atoms with van der Waals surface area (Å²) in [5.74, 6) is 1.68. The zero-order chi connectivity index (χ0) is 69.3. The van der Waals surface area contributed by atoms with Gasteiger partial charge in [0.25, 0.3) is 11.8 Å². The Morgan fingerprint density at radius 2 is 0.970 bits per heavy atom. The largest absolute Gasteiger partial charge is 0.444 e. The number of likely N-dealkylation sites (tertiary alicyclic amines) is 2. The van der Waals surface area contributed by atoms with Crippen molar-refractivity contribution in [3.63, 3.8) is 0 Å². The second-order valence-corrected chi connectivity index (χ2v) is 29.7. The molecule has 11 heterocycles. The van der Waals surface area contributed by atoms with E-state index in [1.165, 1.54) is 16.7 Å². The van der Waals surface area contributed by atoms with Crippen molar-refractivity contribution in [3.8, 4) is 0 Å². The molecule has 8 aliphatic rings. The predicted molar refractivity (Wildman–Crippen MR) is 376 cm³/mol. The van der Waals surface area contributed by atoms with Crippen LogP contribution in [0.5, 0.6) is 0 Å². The Kier molecular flexibility index (Phi) is 23.4. The molecule has 2 aromatic carbocycles. The van der Waals surface area contributed by atoms with E-state index in [9.17, 15) is 28.8 Å². The van der Waals surface area contributed by atoms with E-state index in [0.717, 1.165) is 119 Å². The van der Waals surface area contributed by atoms with Gasteiger partial charge in [-0.2, -0.15) is 0 Å². The summed E-state index contributed by atoms with van der Waals surface area (Å²) in [6.07, 6.45) is 10.2. The number of carbonyl (C=O) groups is 6. The molecule has 3 aromatic heterocycles. The van der Waals surface area contributed by atoms with Gasteiger partial charge in [-0.25, -0.2) is 24.5 Å². The molecular weight excluding hydrogens is 1430 g/mol. The van der Waals surface area contributed by atoms with Crippen molar-refractivity contribution < 1.29 is 69.0 Å². The number of nitrogens with zero attached hydrogens (tertiary/aromatic N) is 12. The summed E-state index contributed by atoms with van der Waals surface area (Å²) < 4.78 is 11.1. The number of Topliss-reactive ketones (excluding diaryl/α,β-unsaturated/α-hetero) is 2. The Morgan fingerprint density at radius 3 is 1.40 bits per heavy atom. The van der Waals surface area contributed by atoms with Gasteiger partial charge in [0.2, 0.25) is 11.6 Å². The van der Waals surface area contributed by atoms with Crippen molar-refractivity contribution in [2.75, 3.05) is 75.5 Å². The minimum absolute atomic E-state index is 0. The van der Waals surface area contributed by atoms with Crippen molar-refractivity contribution in [3.05, 3.63) is 148 Å². The van der Waals surface area contributed by atoms with Gasteiger partial charge in [0.1, 0.15) is 28.7 Å². The maximum Gasteiger partial charge on any atom is 0.410 e. The van der Waals surface area contributed by atoms with Crippen LogP contribution in [0.25, 0.3) is 0 Å². The van der Waals surface area contributed by atoms with Gasteiger partial charge < -0.3 is 47.0 Å². The van der Waals surface area contributed by atoms with E-state index < -0.39 is 22.4 Å². The SMILES string of the molecule is CN1Cc2ccnc(N(C(=O)c3ccc(C4=NOC(C)(C)C4=O)cc3)[C@@H]3CCCN(C(=O)OC(C)(C)C)C3)c2C1.CN1Cc2ccnc(N(C(=O)c3ccc(C4=NOC(C)(C)C4=O)cc3)[C@@H]3CCCNC3)c2C1.CN1Cc2ccnc(N[C@@H]3CCCN(C(=O)OC(C)(C)C)C3)c2C1.[CH3-].[W]. The third kappa shape index (κ3) is 17.4. The van der Waals surface area contributed by atoms with Gasteiger partial charge in [0, 0.05) is 157 Å². The summed E-state index contributed by atoms with van der Waals surface area (Å²) in [6, 6.07) is 20.0. The third-order valence-corrected chi connectivity index (χ3v) is 18.4. The fourth-order valence-electron chi connectivity index (χ4n) is 13.5. The zero-order valence-corrected chi connectivity index (χ0v) is 62.8. The number of oxime groups is 2. The van der Waals surface area contributed by atoms with Crippen molar-refractivity contribution >= 4 is 64.4 Å². The molecule has 0 radical (unpaired) electrons. The number of benzene rings is 2. The average molecular weight is 1530 g/mol. The molecule has 3 atom stereocenters. The maximum absolute atomic E-state index is 14.2. The summed E-state index contributed by atoms with van der Waals surface area (Å²) >= 11 is 0. The van der Waals surface area contributed by atoms with Crippen molar-refractivity contribution in [1.29, 1.82) is 0 Å². The number of ketones is 2. The van der Waals surface area contributed by atoms with Gasteiger partial charge in [-0.05, 0) is 195 Å². The van der Waals surface area contributed by atoms with Crippen LogP contribution in [0.4, 0.5) is 27.0 Å². The van der Waals surface area contributed by atoms with E-state index in [1.807, 2.05) is 76.7 Å². The van der Waals surface area contributed by atoms with E-state index in [4.69, 9.17) is 24.1 Å². The van der Waals surface area contributed by atoms with Gasteiger partial charge in [0.05, 0.1) is 12.1 Å². The fourth-order valence-corrected chi connectivity index (χ4v) is 13.5. The molecule has 0 bridgehead atoms. The zero-order valence-electron chi connectivity index (χ0n) is 59.9. The van der Waals surface area contributed by atoms with Crippen LogP contribution in [0.2, 0.25) is 0 Å². The van der Waals surface area contributed by atoms with Crippen LogP contribution < -0.4 is 20.4 Å². The molecule has 13 rings (SSSR count). The first-order chi connectivity index (χ1) is 46.0. The number of hydrogen-bond acceptors (Lipinski definition) is 20. The van der Waals surface area contributed by atoms with E-state index >= 15 is 0 Å².